The molecule has 0 spiro atoms. The highest BCUT2D eigenvalue weighted by Crippen LogP contribution is 2.22. The number of unbranched alkanes of at least 4 members (excludes halogenated alkanes) is 1. The predicted molar refractivity (Wildman–Crippen MR) is 73.5 cm³/mol. The van der Waals surface area contributed by atoms with Crippen molar-refractivity contribution >= 4 is 5.91 Å². The average Bonchev–Trinajstić information content (AvgIpc) is 3.12. The number of piperidine rings is 1. The van der Waals surface area contributed by atoms with E-state index >= 15 is 0 Å². The molecule has 1 atom stereocenters. The Morgan fingerprint density at radius 1 is 1.28 bits per heavy atom. The first-order valence-corrected chi connectivity index (χ1v) is 7.36. The molecule has 4 nitrogen and oxygen atoms in total. The number of rotatable bonds is 7. The van der Waals surface area contributed by atoms with Crippen molar-refractivity contribution in [3.8, 4) is 0 Å². The van der Waals surface area contributed by atoms with Crippen molar-refractivity contribution in [2.75, 3.05) is 33.7 Å². The summed E-state index contributed by atoms with van der Waals surface area (Å²) in [6.45, 7) is 3.02. The molecule has 104 valence electrons. The second-order valence-corrected chi connectivity index (χ2v) is 5.97. The quantitative estimate of drug-likeness (QED) is 0.690. The van der Waals surface area contributed by atoms with E-state index in [1.54, 1.807) is 0 Å². The third-order valence-electron chi connectivity index (χ3n) is 3.83. The highest BCUT2D eigenvalue weighted by molar-refractivity contribution is 5.82. The van der Waals surface area contributed by atoms with E-state index in [0.717, 1.165) is 38.9 Å². The summed E-state index contributed by atoms with van der Waals surface area (Å²) < 4.78 is 0. The van der Waals surface area contributed by atoms with Gasteiger partial charge in [-0.05, 0) is 59.2 Å². The lowest BCUT2D eigenvalue weighted by atomic mass is 10.0. The SMILES string of the molecule is CN(C)CCCCN1CCCC(NC2CC2)C1=O. The molecule has 2 rings (SSSR count). The first-order chi connectivity index (χ1) is 8.66. The van der Waals surface area contributed by atoms with Gasteiger partial charge in [-0.2, -0.15) is 0 Å². The standard InChI is InChI=1S/C14H27N3O/c1-16(2)9-3-4-10-17-11-5-6-13(14(17)18)15-12-7-8-12/h12-13,15H,3-11H2,1-2H3. The van der Waals surface area contributed by atoms with Crippen molar-refractivity contribution in [2.24, 2.45) is 0 Å². The van der Waals surface area contributed by atoms with Gasteiger partial charge in [-0.3, -0.25) is 4.79 Å². The van der Waals surface area contributed by atoms with Gasteiger partial charge in [-0.1, -0.05) is 0 Å². The van der Waals surface area contributed by atoms with E-state index in [0.29, 0.717) is 11.9 Å². The topological polar surface area (TPSA) is 35.6 Å². The molecule has 4 heteroatoms. The number of hydrogen-bond acceptors (Lipinski definition) is 3. The first-order valence-electron chi connectivity index (χ1n) is 7.36. The zero-order valence-electron chi connectivity index (χ0n) is 11.8. The number of amides is 1. The molecule has 0 aromatic heterocycles. The number of carbonyl (C=O) groups excluding carboxylic acids is 1. The van der Waals surface area contributed by atoms with Gasteiger partial charge in [0.05, 0.1) is 6.04 Å². The van der Waals surface area contributed by atoms with Crippen LogP contribution < -0.4 is 5.32 Å². The fourth-order valence-corrected chi connectivity index (χ4v) is 2.58. The molecule has 0 bridgehead atoms. The van der Waals surface area contributed by atoms with Gasteiger partial charge in [-0.25, -0.2) is 0 Å². The monoisotopic (exact) mass is 253 g/mol. The molecule has 1 saturated heterocycles. The van der Waals surface area contributed by atoms with Gasteiger partial charge in [0.1, 0.15) is 0 Å². The summed E-state index contributed by atoms with van der Waals surface area (Å²) in [5.74, 6) is 0.345. The van der Waals surface area contributed by atoms with E-state index in [1.807, 2.05) is 0 Å². The van der Waals surface area contributed by atoms with Crippen LogP contribution in [0.4, 0.5) is 0 Å². The molecule has 1 unspecified atom stereocenters. The molecular formula is C14H27N3O. The van der Waals surface area contributed by atoms with Gasteiger partial charge in [0.2, 0.25) is 5.91 Å². The number of nitrogens with zero attached hydrogens (tertiary/aromatic N) is 2. The van der Waals surface area contributed by atoms with Crippen molar-refractivity contribution in [2.45, 2.75) is 50.6 Å². The normalized spacial score (nSPS) is 24.9. The lowest BCUT2D eigenvalue weighted by Gasteiger charge is -2.33. The Morgan fingerprint density at radius 2 is 2.06 bits per heavy atom. The summed E-state index contributed by atoms with van der Waals surface area (Å²) in [5.41, 5.74) is 0. The molecule has 1 saturated carbocycles. The third-order valence-corrected chi connectivity index (χ3v) is 3.83. The van der Waals surface area contributed by atoms with E-state index in [9.17, 15) is 4.79 Å². The maximum Gasteiger partial charge on any atom is 0.239 e. The third kappa shape index (κ3) is 4.25. The summed E-state index contributed by atoms with van der Waals surface area (Å²) in [4.78, 5) is 16.5. The van der Waals surface area contributed by atoms with Crippen LogP contribution in [0.1, 0.15) is 38.5 Å². The largest absolute Gasteiger partial charge is 0.341 e. The van der Waals surface area contributed by atoms with E-state index < -0.39 is 0 Å². The van der Waals surface area contributed by atoms with Crippen LogP contribution in [0.25, 0.3) is 0 Å². The minimum Gasteiger partial charge on any atom is -0.341 e. The Balaban J connectivity index is 1.68. The van der Waals surface area contributed by atoms with Crippen molar-refractivity contribution in [1.29, 1.82) is 0 Å². The Bertz CT molecular complexity index is 276. The van der Waals surface area contributed by atoms with Gasteiger partial charge in [0.25, 0.3) is 0 Å². The number of nitrogens with one attached hydrogen (secondary N) is 1. The number of carbonyl (C=O) groups is 1. The Morgan fingerprint density at radius 3 is 2.72 bits per heavy atom. The Hall–Kier alpha value is -0.610. The van der Waals surface area contributed by atoms with Crippen LogP contribution in [0.15, 0.2) is 0 Å². The smallest absolute Gasteiger partial charge is 0.239 e. The summed E-state index contributed by atoms with van der Waals surface area (Å²) in [6, 6.07) is 0.743. The van der Waals surface area contributed by atoms with Gasteiger partial charge in [0, 0.05) is 19.1 Å². The molecule has 1 aliphatic heterocycles. The minimum atomic E-state index is 0.111. The van der Waals surface area contributed by atoms with Crippen LogP contribution in [0, 0.1) is 0 Å². The summed E-state index contributed by atoms with van der Waals surface area (Å²) in [5, 5.41) is 3.48. The maximum atomic E-state index is 12.3. The van der Waals surface area contributed by atoms with E-state index in [-0.39, 0.29) is 6.04 Å². The molecule has 1 amide bonds. The summed E-state index contributed by atoms with van der Waals surface area (Å²) >= 11 is 0. The van der Waals surface area contributed by atoms with Crippen LogP contribution in [0.5, 0.6) is 0 Å². The van der Waals surface area contributed by atoms with Crippen molar-refractivity contribution < 1.29 is 4.79 Å². The van der Waals surface area contributed by atoms with E-state index in [2.05, 4.69) is 29.2 Å². The molecule has 2 aliphatic rings. The van der Waals surface area contributed by atoms with Crippen LogP contribution in [0.2, 0.25) is 0 Å². The van der Waals surface area contributed by atoms with Crippen LogP contribution >= 0.6 is 0 Å². The highest BCUT2D eigenvalue weighted by atomic mass is 16.2. The fourth-order valence-electron chi connectivity index (χ4n) is 2.58. The van der Waals surface area contributed by atoms with Crippen molar-refractivity contribution in [1.82, 2.24) is 15.1 Å². The zero-order chi connectivity index (χ0) is 13.0. The highest BCUT2D eigenvalue weighted by Gasteiger charge is 2.32. The molecule has 0 aromatic rings. The van der Waals surface area contributed by atoms with Crippen LogP contribution in [0.3, 0.4) is 0 Å². The van der Waals surface area contributed by atoms with Crippen LogP contribution in [-0.2, 0) is 4.79 Å². The lowest BCUT2D eigenvalue weighted by molar-refractivity contribution is -0.136. The lowest BCUT2D eigenvalue weighted by Crippen LogP contribution is -2.51. The minimum absolute atomic E-state index is 0.111. The second-order valence-electron chi connectivity index (χ2n) is 5.97. The summed E-state index contributed by atoms with van der Waals surface area (Å²) in [6.07, 6.45) is 7.00. The van der Waals surface area contributed by atoms with Gasteiger partial charge in [-0.15, -0.1) is 0 Å². The fraction of sp³-hybridized carbons (Fsp3) is 0.929. The first kappa shape index (κ1) is 13.8. The molecule has 1 aliphatic carbocycles. The molecule has 0 aromatic carbocycles. The van der Waals surface area contributed by atoms with Crippen molar-refractivity contribution in [3.63, 3.8) is 0 Å². The molecule has 0 radical (unpaired) electrons. The Labute approximate surface area is 111 Å². The Kier molecular flexibility index (Phi) is 5.01. The van der Waals surface area contributed by atoms with E-state index in [4.69, 9.17) is 0 Å². The molecular weight excluding hydrogens is 226 g/mol. The van der Waals surface area contributed by atoms with E-state index in [1.165, 1.54) is 19.3 Å². The van der Waals surface area contributed by atoms with Crippen molar-refractivity contribution in [3.05, 3.63) is 0 Å². The zero-order valence-corrected chi connectivity index (χ0v) is 11.8. The predicted octanol–water partition coefficient (Wildman–Crippen LogP) is 1.07. The second kappa shape index (κ2) is 6.53. The molecule has 1 heterocycles. The maximum absolute atomic E-state index is 12.3. The van der Waals surface area contributed by atoms with Crippen LogP contribution in [-0.4, -0.2) is 61.5 Å². The molecule has 2 fully saturated rings. The summed E-state index contributed by atoms with van der Waals surface area (Å²) in [7, 11) is 4.20. The molecule has 1 N–H and O–H groups in total. The van der Waals surface area contributed by atoms with Gasteiger partial charge in [0.15, 0.2) is 0 Å². The number of likely N-dealkylation sites (tertiary alicyclic amines) is 1. The van der Waals surface area contributed by atoms with Gasteiger partial charge >= 0.3 is 0 Å². The van der Waals surface area contributed by atoms with Gasteiger partial charge < -0.3 is 15.1 Å². The average molecular weight is 253 g/mol. The number of hydrogen-bond donors (Lipinski definition) is 1. The molecule has 18 heavy (non-hydrogen) atoms.